The Bertz CT molecular complexity index is 342. The molecule has 0 bridgehead atoms. The standard InChI is InChI=1S/C10H13ClN2O2/c1-14-9-4-8(5-13-10(9)11)15-6-7-2-3-12-7/h4-5,7,12H,2-3,6H2,1H3. The molecular formula is C10H13ClN2O2. The maximum absolute atomic E-state index is 5.79. The molecule has 5 heteroatoms. The number of pyridine rings is 1. The van der Waals surface area contributed by atoms with Crippen LogP contribution < -0.4 is 14.8 Å². The van der Waals surface area contributed by atoms with Gasteiger partial charge in [0.05, 0.1) is 13.3 Å². The van der Waals surface area contributed by atoms with E-state index < -0.39 is 0 Å². The maximum Gasteiger partial charge on any atom is 0.171 e. The fraction of sp³-hybridized carbons (Fsp3) is 0.500. The van der Waals surface area contributed by atoms with Crippen molar-refractivity contribution < 1.29 is 9.47 Å². The average Bonchev–Trinajstić information content (AvgIpc) is 2.18. The number of rotatable bonds is 4. The number of aromatic nitrogens is 1. The smallest absolute Gasteiger partial charge is 0.171 e. The number of methoxy groups -OCH3 is 1. The lowest BCUT2D eigenvalue weighted by atomic mass is 10.1. The Morgan fingerprint density at radius 1 is 1.67 bits per heavy atom. The minimum Gasteiger partial charge on any atom is -0.493 e. The summed E-state index contributed by atoms with van der Waals surface area (Å²) in [5, 5.41) is 3.61. The molecule has 4 nitrogen and oxygen atoms in total. The Morgan fingerprint density at radius 2 is 2.47 bits per heavy atom. The summed E-state index contributed by atoms with van der Waals surface area (Å²) in [6, 6.07) is 2.21. The Labute approximate surface area is 93.6 Å². The summed E-state index contributed by atoms with van der Waals surface area (Å²) in [5.41, 5.74) is 0. The van der Waals surface area contributed by atoms with Crippen molar-refractivity contribution in [2.24, 2.45) is 0 Å². The molecule has 1 aromatic heterocycles. The van der Waals surface area contributed by atoms with Crippen LogP contribution in [0.4, 0.5) is 0 Å². The third kappa shape index (κ3) is 2.52. The summed E-state index contributed by atoms with van der Waals surface area (Å²) in [4.78, 5) is 3.97. The van der Waals surface area contributed by atoms with Crippen molar-refractivity contribution in [3.8, 4) is 11.5 Å². The maximum atomic E-state index is 5.79. The molecular weight excluding hydrogens is 216 g/mol. The lowest BCUT2D eigenvalue weighted by molar-refractivity contribution is 0.216. The van der Waals surface area contributed by atoms with E-state index in [0.717, 1.165) is 13.0 Å². The van der Waals surface area contributed by atoms with Gasteiger partial charge in [0.25, 0.3) is 0 Å². The summed E-state index contributed by atoms with van der Waals surface area (Å²) in [6.07, 6.45) is 2.77. The van der Waals surface area contributed by atoms with Crippen molar-refractivity contribution >= 4 is 11.6 Å². The minimum absolute atomic E-state index is 0.353. The van der Waals surface area contributed by atoms with E-state index in [9.17, 15) is 0 Å². The molecule has 82 valence electrons. The molecule has 1 unspecified atom stereocenters. The number of nitrogens with one attached hydrogen (secondary N) is 1. The van der Waals surface area contributed by atoms with Crippen molar-refractivity contribution in [1.82, 2.24) is 10.3 Å². The van der Waals surface area contributed by atoms with Crippen LogP contribution in [0.25, 0.3) is 0 Å². The van der Waals surface area contributed by atoms with Crippen molar-refractivity contribution in [1.29, 1.82) is 0 Å². The molecule has 0 spiro atoms. The molecule has 1 atom stereocenters. The van der Waals surface area contributed by atoms with E-state index in [-0.39, 0.29) is 0 Å². The normalized spacial score (nSPS) is 19.5. The fourth-order valence-corrected chi connectivity index (χ4v) is 1.50. The van der Waals surface area contributed by atoms with E-state index in [1.54, 1.807) is 19.4 Å². The predicted octanol–water partition coefficient (Wildman–Crippen LogP) is 1.48. The summed E-state index contributed by atoms with van der Waals surface area (Å²) < 4.78 is 10.6. The number of hydrogen-bond acceptors (Lipinski definition) is 4. The highest BCUT2D eigenvalue weighted by atomic mass is 35.5. The Morgan fingerprint density at radius 3 is 3.07 bits per heavy atom. The van der Waals surface area contributed by atoms with Gasteiger partial charge in [-0.05, 0) is 13.0 Å². The van der Waals surface area contributed by atoms with Crippen LogP contribution in [0.5, 0.6) is 11.5 Å². The molecule has 1 saturated heterocycles. The van der Waals surface area contributed by atoms with Gasteiger partial charge in [-0.15, -0.1) is 0 Å². The number of hydrogen-bond donors (Lipinski definition) is 1. The first-order chi connectivity index (χ1) is 7.29. The van der Waals surface area contributed by atoms with Gasteiger partial charge < -0.3 is 14.8 Å². The van der Waals surface area contributed by atoms with Crippen LogP contribution in [0.15, 0.2) is 12.3 Å². The van der Waals surface area contributed by atoms with Crippen molar-refractivity contribution in [2.75, 3.05) is 20.3 Å². The van der Waals surface area contributed by atoms with Crippen molar-refractivity contribution in [2.45, 2.75) is 12.5 Å². The molecule has 2 heterocycles. The molecule has 1 aliphatic heterocycles. The van der Waals surface area contributed by atoms with Gasteiger partial charge in [0.15, 0.2) is 10.9 Å². The van der Waals surface area contributed by atoms with E-state index in [1.807, 2.05) is 0 Å². The Hall–Kier alpha value is -1.00. The van der Waals surface area contributed by atoms with Crippen LogP contribution in [0.2, 0.25) is 5.15 Å². The molecule has 0 amide bonds. The van der Waals surface area contributed by atoms with Crippen LogP contribution in [0, 0.1) is 0 Å². The molecule has 1 N–H and O–H groups in total. The molecule has 1 aliphatic rings. The highest BCUT2D eigenvalue weighted by molar-refractivity contribution is 6.30. The molecule has 2 rings (SSSR count). The summed E-state index contributed by atoms with van der Waals surface area (Å²) in [5.74, 6) is 1.22. The molecule has 0 saturated carbocycles. The van der Waals surface area contributed by atoms with Crippen LogP contribution in [-0.4, -0.2) is 31.3 Å². The second-order valence-corrected chi connectivity index (χ2v) is 3.77. The van der Waals surface area contributed by atoms with Crippen LogP contribution in [0.1, 0.15) is 6.42 Å². The molecule has 15 heavy (non-hydrogen) atoms. The van der Waals surface area contributed by atoms with Gasteiger partial charge >= 0.3 is 0 Å². The van der Waals surface area contributed by atoms with E-state index in [4.69, 9.17) is 21.1 Å². The lowest BCUT2D eigenvalue weighted by Crippen LogP contribution is -2.46. The molecule has 0 radical (unpaired) electrons. The molecule has 0 aliphatic carbocycles. The first kappa shape index (κ1) is 10.5. The number of halogens is 1. The Balaban J connectivity index is 1.95. The van der Waals surface area contributed by atoms with Gasteiger partial charge in [-0.25, -0.2) is 4.98 Å². The minimum atomic E-state index is 0.353. The van der Waals surface area contributed by atoms with Crippen LogP contribution in [-0.2, 0) is 0 Å². The van der Waals surface area contributed by atoms with Gasteiger partial charge in [0.2, 0.25) is 0 Å². The highest BCUT2D eigenvalue weighted by Gasteiger charge is 2.16. The first-order valence-corrected chi connectivity index (χ1v) is 5.23. The molecule has 1 aromatic rings. The zero-order valence-corrected chi connectivity index (χ0v) is 9.25. The molecule has 0 aromatic carbocycles. The van der Waals surface area contributed by atoms with E-state index >= 15 is 0 Å². The summed E-state index contributed by atoms with van der Waals surface area (Å²) in [6.45, 7) is 1.74. The quantitative estimate of drug-likeness (QED) is 0.793. The first-order valence-electron chi connectivity index (χ1n) is 4.85. The van der Waals surface area contributed by atoms with E-state index in [2.05, 4.69) is 10.3 Å². The zero-order chi connectivity index (χ0) is 10.7. The largest absolute Gasteiger partial charge is 0.493 e. The zero-order valence-electron chi connectivity index (χ0n) is 8.50. The number of ether oxygens (including phenoxy) is 2. The monoisotopic (exact) mass is 228 g/mol. The summed E-state index contributed by atoms with van der Waals surface area (Å²) >= 11 is 5.79. The molecule has 1 fully saturated rings. The Kier molecular flexibility index (Phi) is 3.28. The van der Waals surface area contributed by atoms with Crippen LogP contribution >= 0.6 is 11.6 Å². The van der Waals surface area contributed by atoms with Gasteiger partial charge in [0, 0.05) is 12.1 Å². The third-order valence-electron chi connectivity index (χ3n) is 2.38. The van der Waals surface area contributed by atoms with Gasteiger partial charge in [-0.1, -0.05) is 11.6 Å². The number of nitrogens with zero attached hydrogens (tertiary/aromatic N) is 1. The SMILES string of the molecule is COc1cc(OCC2CCN2)cnc1Cl. The van der Waals surface area contributed by atoms with Gasteiger partial charge in [-0.3, -0.25) is 0 Å². The van der Waals surface area contributed by atoms with Crippen molar-refractivity contribution in [3.05, 3.63) is 17.4 Å². The van der Waals surface area contributed by atoms with Gasteiger partial charge in [-0.2, -0.15) is 0 Å². The lowest BCUT2D eigenvalue weighted by Gasteiger charge is -2.27. The summed E-state index contributed by atoms with van der Waals surface area (Å²) in [7, 11) is 1.56. The van der Waals surface area contributed by atoms with Gasteiger partial charge in [0.1, 0.15) is 12.4 Å². The van der Waals surface area contributed by atoms with E-state index in [1.165, 1.54) is 0 Å². The highest BCUT2D eigenvalue weighted by Crippen LogP contribution is 2.26. The topological polar surface area (TPSA) is 43.4 Å². The average molecular weight is 229 g/mol. The van der Waals surface area contributed by atoms with Crippen LogP contribution in [0.3, 0.4) is 0 Å². The van der Waals surface area contributed by atoms with Crippen molar-refractivity contribution in [3.63, 3.8) is 0 Å². The third-order valence-corrected chi connectivity index (χ3v) is 2.66. The van der Waals surface area contributed by atoms with E-state index in [0.29, 0.717) is 29.3 Å². The predicted molar refractivity (Wildman–Crippen MR) is 57.7 cm³/mol. The fourth-order valence-electron chi connectivity index (χ4n) is 1.32. The second-order valence-electron chi connectivity index (χ2n) is 3.41. The second kappa shape index (κ2) is 4.68.